The average Bonchev–Trinajstić information content (AvgIpc) is 2.26. The van der Waals surface area contributed by atoms with Gasteiger partial charge in [0.05, 0.1) is 16.6 Å². The molecule has 16 heavy (non-hydrogen) atoms. The van der Waals surface area contributed by atoms with Crippen molar-refractivity contribution in [1.29, 1.82) is 0 Å². The van der Waals surface area contributed by atoms with E-state index in [0.717, 1.165) is 0 Å². The molecule has 1 aromatic rings. The van der Waals surface area contributed by atoms with Crippen molar-refractivity contribution in [2.75, 3.05) is 25.5 Å². The number of amides is 1. The Hall–Kier alpha value is -1.000. The van der Waals surface area contributed by atoms with Gasteiger partial charge in [0.1, 0.15) is 5.82 Å². The van der Waals surface area contributed by atoms with Gasteiger partial charge in [0.15, 0.2) is 0 Å². The van der Waals surface area contributed by atoms with Crippen LogP contribution in [-0.2, 0) is 4.79 Å². The topological polar surface area (TPSA) is 45.2 Å². The fourth-order valence-corrected chi connectivity index (χ4v) is 1.46. The van der Waals surface area contributed by atoms with Crippen LogP contribution in [0.4, 0.5) is 5.82 Å². The van der Waals surface area contributed by atoms with Crippen LogP contribution in [0, 0.1) is 0 Å². The maximum absolute atomic E-state index is 11.5. The second-order valence-corrected chi connectivity index (χ2v) is 4.09. The molecule has 0 aliphatic carbocycles. The molecule has 1 heterocycles. The van der Waals surface area contributed by atoms with Crippen LogP contribution in [0.2, 0.25) is 10.0 Å². The third kappa shape index (κ3) is 3.54. The molecule has 0 spiro atoms. The van der Waals surface area contributed by atoms with Gasteiger partial charge in [-0.3, -0.25) is 4.79 Å². The molecule has 0 saturated carbocycles. The molecule has 1 rings (SSSR count). The summed E-state index contributed by atoms with van der Waals surface area (Å²) in [7, 11) is 1.74. The molecule has 1 N–H and O–H groups in total. The maximum Gasteiger partial charge on any atom is 0.241 e. The zero-order valence-electron chi connectivity index (χ0n) is 9.13. The number of anilines is 1. The Labute approximate surface area is 105 Å². The Kier molecular flexibility index (Phi) is 4.83. The molecule has 0 atom stereocenters. The Morgan fingerprint density at radius 1 is 1.56 bits per heavy atom. The second kappa shape index (κ2) is 5.92. The number of nitrogens with one attached hydrogen (secondary N) is 1. The van der Waals surface area contributed by atoms with Crippen LogP contribution in [-0.4, -0.2) is 35.9 Å². The van der Waals surface area contributed by atoms with Gasteiger partial charge in [-0.1, -0.05) is 23.2 Å². The van der Waals surface area contributed by atoms with E-state index >= 15 is 0 Å². The van der Waals surface area contributed by atoms with E-state index < -0.39 is 0 Å². The average molecular weight is 262 g/mol. The van der Waals surface area contributed by atoms with E-state index in [0.29, 0.717) is 22.4 Å². The molecule has 0 fully saturated rings. The van der Waals surface area contributed by atoms with E-state index in [4.69, 9.17) is 23.2 Å². The van der Waals surface area contributed by atoms with Gasteiger partial charge in [-0.2, -0.15) is 0 Å². The standard InChI is InChI=1S/C10H13Cl2N3O/c1-3-15(2)9(16)6-14-10-8(12)4-7(11)5-13-10/h4-5H,3,6H2,1-2H3,(H,13,14). The number of rotatable bonds is 4. The maximum atomic E-state index is 11.5. The predicted octanol–water partition coefficient (Wildman–Crippen LogP) is 2.28. The number of hydrogen-bond donors (Lipinski definition) is 1. The first kappa shape index (κ1) is 13.1. The summed E-state index contributed by atoms with van der Waals surface area (Å²) in [6, 6.07) is 1.58. The number of aromatic nitrogens is 1. The predicted molar refractivity (Wildman–Crippen MR) is 66.1 cm³/mol. The Balaban J connectivity index is 2.58. The van der Waals surface area contributed by atoms with Crippen molar-refractivity contribution in [1.82, 2.24) is 9.88 Å². The van der Waals surface area contributed by atoms with E-state index in [1.165, 1.54) is 6.20 Å². The number of hydrogen-bond acceptors (Lipinski definition) is 3. The first-order chi connectivity index (χ1) is 7.54. The number of likely N-dealkylation sites (N-methyl/N-ethyl adjacent to an activating group) is 1. The molecule has 0 aliphatic rings. The minimum Gasteiger partial charge on any atom is -0.360 e. The van der Waals surface area contributed by atoms with Crippen LogP contribution < -0.4 is 5.32 Å². The van der Waals surface area contributed by atoms with E-state index in [-0.39, 0.29) is 12.5 Å². The summed E-state index contributed by atoms with van der Waals surface area (Å²) in [4.78, 5) is 17.1. The van der Waals surface area contributed by atoms with Crippen LogP contribution >= 0.6 is 23.2 Å². The lowest BCUT2D eigenvalue weighted by Crippen LogP contribution is -2.32. The van der Waals surface area contributed by atoms with E-state index in [9.17, 15) is 4.79 Å². The van der Waals surface area contributed by atoms with Gasteiger partial charge in [0.2, 0.25) is 5.91 Å². The first-order valence-corrected chi connectivity index (χ1v) is 5.59. The van der Waals surface area contributed by atoms with Gasteiger partial charge in [-0.25, -0.2) is 4.98 Å². The number of carbonyl (C=O) groups excluding carboxylic acids is 1. The number of pyridine rings is 1. The lowest BCUT2D eigenvalue weighted by Gasteiger charge is -2.15. The molecule has 88 valence electrons. The molecular weight excluding hydrogens is 249 g/mol. The van der Waals surface area contributed by atoms with Crippen LogP contribution in [0.3, 0.4) is 0 Å². The highest BCUT2D eigenvalue weighted by atomic mass is 35.5. The summed E-state index contributed by atoms with van der Waals surface area (Å²) < 4.78 is 0. The van der Waals surface area contributed by atoms with Crippen molar-refractivity contribution in [3.05, 3.63) is 22.3 Å². The summed E-state index contributed by atoms with van der Waals surface area (Å²) in [6.45, 7) is 2.74. The minimum absolute atomic E-state index is 0.0182. The molecule has 0 aliphatic heterocycles. The number of carbonyl (C=O) groups is 1. The van der Waals surface area contributed by atoms with Gasteiger partial charge in [0, 0.05) is 19.8 Å². The molecule has 6 heteroatoms. The third-order valence-corrected chi connectivity index (χ3v) is 2.61. The van der Waals surface area contributed by atoms with Gasteiger partial charge in [-0.05, 0) is 13.0 Å². The fraction of sp³-hybridized carbons (Fsp3) is 0.400. The monoisotopic (exact) mass is 261 g/mol. The Bertz CT molecular complexity index is 384. The molecular formula is C10H13Cl2N3O. The third-order valence-electron chi connectivity index (χ3n) is 2.11. The van der Waals surface area contributed by atoms with E-state index in [1.807, 2.05) is 6.92 Å². The summed E-state index contributed by atoms with van der Waals surface area (Å²) in [5.41, 5.74) is 0. The van der Waals surface area contributed by atoms with Gasteiger partial charge < -0.3 is 10.2 Å². The zero-order valence-corrected chi connectivity index (χ0v) is 10.6. The second-order valence-electron chi connectivity index (χ2n) is 3.25. The lowest BCUT2D eigenvalue weighted by atomic mass is 10.4. The quantitative estimate of drug-likeness (QED) is 0.905. The van der Waals surface area contributed by atoms with Crippen LogP contribution in [0.5, 0.6) is 0 Å². The molecule has 0 aromatic carbocycles. The van der Waals surface area contributed by atoms with Gasteiger partial charge >= 0.3 is 0 Å². The largest absolute Gasteiger partial charge is 0.360 e. The highest BCUT2D eigenvalue weighted by molar-refractivity contribution is 6.35. The SMILES string of the molecule is CCN(C)C(=O)CNc1ncc(Cl)cc1Cl. The molecule has 0 radical (unpaired) electrons. The summed E-state index contributed by atoms with van der Waals surface area (Å²) in [6.07, 6.45) is 1.48. The van der Waals surface area contributed by atoms with Crippen molar-refractivity contribution in [3.63, 3.8) is 0 Å². The van der Waals surface area contributed by atoms with Crippen LogP contribution in [0.1, 0.15) is 6.92 Å². The minimum atomic E-state index is -0.0182. The number of nitrogens with zero attached hydrogens (tertiary/aromatic N) is 2. The van der Waals surface area contributed by atoms with Crippen LogP contribution in [0.15, 0.2) is 12.3 Å². The van der Waals surface area contributed by atoms with Crippen molar-refractivity contribution in [2.24, 2.45) is 0 Å². The summed E-state index contributed by atoms with van der Waals surface area (Å²) in [5, 5.41) is 3.73. The van der Waals surface area contributed by atoms with Crippen molar-refractivity contribution in [3.8, 4) is 0 Å². The van der Waals surface area contributed by atoms with E-state index in [2.05, 4.69) is 10.3 Å². The normalized spacial score (nSPS) is 10.0. The smallest absolute Gasteiger partial charge is 0.241 e. The van der Waals surface area contributed by atoms with Crippen LogP contribution in [0.25, 0.3) is 0 Å². The lowest BCUT2D eigenvalue weighted by molar-refractivity contribution is -0.127. The fourth-order valence-electron chi connectivity index (χ4n) is 1.02. The van der Waals surface area contributed by atoms with Gasteiger partial charge in [-0.15, -0.1) is 0 Å². The van der Waals surface area contributed by atoms with E-state index in [1.54, 1.807) is 18.0 Å². The molecule has 1 aromatic heterocycles. The van der Waals surface area contributed by atoms with Crippen molar-refractivity contribution >= 4 is 34.9 Å². The summed E-state index contributed by atoms with van der Waals surface area (Å²) >= 11 is 11.6. The van der Waals surface area contributed by atoms with Crippen molar-refractivity contribution < 1.29 is 4.79 Å². The molecule has 4 nitrogen and oxygen atoms in total. The highest BCUT2D eigenvalue weighted by Crippen LogP contribution is 2.22. The molecule has 0 unspecified atom stereocenters. The Morgan fingerprint density at radius 2 is 2.25 bits per heavy atom. The van der Waals surface area contributed by atoms with Crippen molar-refractivity contribution in [2.45, 2.75) is 6.92 Å². The van der Waals surface area contributed by atoms with Gasteiger partial charge in [0.25, 0.3) is 0 Å². The molecule has 0 saturated heterocycles. The summed E-state index contributed by atoms with van der Waals surface area (Å²) in [5.74, 6) is 0.444. The zero-order chi connectivity index (χ0) is 12.1. The molecule has 0 bridgehead atoms. The Morgan fingerprint density at radius 3 is 2.81 bits per heavy atom. The number of halogens is 2. The molecule has 1 amide bonds. The first-order valence-electron chi connectivity index (χ1n) is 4.83. The highest BCUT2D eigenvalue weighted by Gasteiger charge is 2.08.